The van der Waals surface area contributed by atoms with Gasteiger partial charge >= 0.3 is 11.8 Å². The highest BCUT2D eigenvalue weighted by molar-refractivity contribution is 5.87. The van der Waals surface area contributed by atoms with Gasteiger partial charge in [-0.2, -0.15) is 17.6 Å². The highest BCUT2D eigenvalue weighted by Gasteiger charge is 2.84. The molecular formula is C66H117F11O2. The van der Waals surface area contributed by atoms with Gasteiger partial charge in [0.05, 0.1) is 5.92 Å². The maximum atomic E-state index is 13.2. The van der Waals surface area contributed by atoms with Crippen molar-refractivity contribution in [3.63, 3.8) is 0 Å². The molecule has 3 atom stereocenters. The highest BCUT2D eigenvalue weighted by atomic mass is 19.3. The van der Waals surface area contributed by atoms with Gasteiger partial charge in [0.2, 0.25) is 0 Å². The molecule has 9 rings (SSSR count). The van der Waals surface area contributed by atoms with E-state index in [0.29, 0.717) is 42.3 Å². The van der Waals surface area contributed by atoms with E-state index < -0.39 is 59.5 Å². The lowest BCUT2D eigenvalue weighted by atomic mass is 9.76. The SMILES string of the molecule is CC(C)C(F)(F)C1CC1.CC(C)C(F)C1CC1.CC(C)CC1(F)CC(=O)C1.CC(C)CC1(F)CC1.CC(C)CC1C(F)(F)C1(F)F.CC(C)CC1C(F)C1F.CC(C)CC1CC(=O)C1.CC(C)CC1CC1.CC(C)CC1CCC1. The van der Waals surface area contributed by atoms with Gasteiger partial charge in [-0.1, -0.05) is 157 Å². The van der Waals surface area contributed by atoms with Crippen LogP contribution in [0.4, 0.5) is 48.3 Å². The van der Waals surface area contributed by atoms with Gasteiger partial charge in [0, 0.05) is 43.4 Å². The lowest BCUT2D eigenvalue weighted by molar-refractivity contribution is -0.135. The Kier molecular flexibility index (Phi) is 32.4. The van der Waals surface area contributed by atoms with Crippen LogP contribution in [0.2, 0.25) is 0 Å². The van der Waals surface area contributed by atoms with Crippen molar-refractivity contribution in [3.8, 4) is 0 Å². The Labute approximate surface area is 476 Å². The Balaban J connectivity index is 0.000000445. The van der Waals surface area contributed by atoms with Crippen LogP contribution in [0.3, 0.4) is 0 Å². The summed E-state index contributed by atoms with van der Waals surface area (Å²) in [5, 5.41) is 0. The van der Waals surface area contributed by atoms with Gasteiger partial charge in [-0.3, -0.25) is 9.59 Å². The number of hydrogen-bond acceptors (Lipinski definition) is 2. The smallest absolute Gasteiger partial charge is 0.300 e. The van der Waals surface area contributed by atoms with Gasteiger partial charge in [-0.05, 0) is 154 Å². The second-order valence-electron chi connectivity index (χ2n) is 29.6. The quantitative estimate of drug-likeness (QED) is 0.128. The van der Waals surface area contributed by atoms with Crippen LogP contribution in [-0.4, -0.2) is 59.2 Å². The van der Waals surface area contributed by atoms with Crippen LogP contribution in [-0.2, 0) is 9.59 Å². The zero-order chi connectivity index (χ0) is 61.2. The summed E-state index contributed by atoms with van der Waals surface area (Å²) in [5.41, 5.74) is -1.86. The largest absolute Gasteiger partial charge is 0.319 e. The minimum Gasteiger partial charge on any atom is -0.300 e. The van der Waals surface area contributed by atoms with Gasteiger partial charge in [0.25, 0.3) is 5.92 Å². The molecule has 470 valence electrons. The maximum Gasteiger partial charge on any atom is 0.319 e. The fraction of sp³-hybridized carbons (Fsp3) is 0.970. The van der Waals surface area contributed by atoms with Crippen LogP contribution in [0, 0.1) is 94.7 Å². The molecule has 13 heteroatoms. The molecule has 0 aromatic carbocycles. The second kappa shape index (κ2) is 33.9. The molecule has 3 unspecified atom stereocenters. The molecule has 0 radical (unpaired) electrons. The molecule has 79 heavy (non-hydrogen) atoms. The molecule has 2 nitrogen and oxygen atoms in total. The first kappa shape index (κ1) is 75.6. The van der Waals surface area contributed by atoms with Crippen LogP contribution in [0.5, 0.6) is 0 Å². The van der Waals surface area contributed by atoms with Gasteiger partial charge in [0.1, 0.15) is 41.4 Å². The number of hydrogen-bond donors (Lipinski definition) is 0. The zero-order valence-corrected chi connectivity index (χ0v) is 53.0. The lowest BCUT2D eigenvalue weighted by Crippen LogP contribution is -2.41. The van der Waals surface area contributed by atoms with E-state index in [1.165, 1.54) is 51.4 Å². The maximum absolute atomic E-state index is 13.2. The van der Waals surface area contributed by atoms with Crippen molar-refractivity contribution in [2.75, 3.05) is 0 Å². The Morgan fingerprint density at radius 2 is 0.848 bits per heavy atom. The monoisotopic (exact) mass is 1150 g/mol. The summed E-state index contributed by atoms with van der Waals surface area (Å²) in [6, 6.07) is 0. The van der Waals surface area contributed by atoms with Gasteiger partial charge in [-0.15, -0.1) is 0 Å². The first-order valence-electron chi connectivity index (χ1n) is 31.6. The van der Waals surface area contributed by atoms with Crippen molar-refractivity contribution in [1.29, 1.82) is 0 Å². The summed E-state index contributed by atoms with van der Waals surface area (Å²) in [6.07, 6.45) is 18.2. The number of carbonyl (C=O) groups excluding carboxylic acids is 2. The first-order chi connectivity index (χ1) is 36.1. The summed E-state index contributed by atoms with van der Waals surface area (Å²) in [4.78, 5) is 20.9. The van der Waals surface area contributed by atoms with E-state index in [4.69, 9.17) is 0 Å². The van der Waals surface area contributed by atoms with E-state index in [2.05, 4.69) is 55.4 Å². The van der Waals surface area contributed by atoms with Gasteiger partial charge in [-0.25, -0.2) is 30.7 Å². The van der Waals surface area contributed by atoms with Crippen LogP contribution < -0.4 is 0 Å². The molecule has 9 aliphatic carbocycles. The summed E-state index contributed by atoms with van der Waals surface area (Å²) in [6.45, 7) is 36.1. The summed E-state index contributed by atoms with van der Waals surface area (Å²) in [7, 11) is 0. The highest BCUT2D eigenvalue weighted by Crippen LogP contribution is 2.64. The third-order valence-electron chi connectivity index (χ3n) is 16.0. The number of halogens is 11. The number of alkyl halides is 11. The normalized spacial score (nSPS) is 25.1. The molecule has 0 amide bonds. The van der Waals surface area contributed by atoms with Crippen LogP contribution in [0.1, 0.15) is 266 Å². The lowest BCUT2D eigenvalue weighted by Gasteiger charge is -2.33. The first-order valence-corrected chi connectivity index (χ1v) is 31.6. The molecule has 0 aromatic rings. The van der Waals surface area contributed by atoms with Crippen molar-refractivity contribution in [2.24, 2.45) is 94.7 Å². The molecular weight excluding hydrogens is 1030 g/mol. The van der Waals surface area contributed by atoms with Crippen molar-refractivity contribution >= 4 is 11.6 Å². The number of ketones is 2. The zero-order valence-electron chi connectivity index (χ0n) is 53.0. The Bertz CT molecular complexity index is 1630. The minimum absolute atomic E-state index is 0.0724. The third kappa shape index (κ3) is 31.9. The molecule has 0 heterocycles. The predicted octanol–water partition coefficient (Wildman–Crippen LogP) is 22.3. The van der Waals surface area contributed by atoms with Crippen molar-refractivity contribution in [3.05, 3.63) is 0 Å². The molecule has 9 saturated carbocycles. The second-order valence-corrected chi connectivity index (χ2v) is 29.6. The number of rotatable bonds is 18. The van der Waals surface area contributed by atoms with Gasteiger partial charge in [0.15, 0.2) is 0 Å². The standard InChI is InChI=1S/C8H13FO.C8H14O.C8H16.C7H10F4.2C7H12F2.2C7H13F.C7H14/c1-6(2)3-8(9)4-7(10)5-8;1-6(2)3-7-4-8(9)5-7;1-7(2)6-8-4-3-5-8;1-4(2)3-5-6(8,9)7(5,10)11;1-5(2)7(8,9)6-3-4-6;1-4(2)3-5-6(8)7(5)9;1-6(2)5-7(8)3-4-7;1-5(2)7(8)6-3-4-6;1-6(2)5-7-3-4-7/h6H,3-5H2,1-2H3;6-7H,3-5H2,1-2H3;7-8H,3-6H2,1-2H3;4-5H,3H2,1-2H3;5-6H,3-4H2,1-2H3;4-7H,3H2,1-2H3;6H,3-5H2,1-2H3;5-7H,3-4H2,1-2H3;6-7H,3-5H2,1-2H3. The minimum atomic E-state index is -3.74. The van der Waals surface area contributed by atoms with Crippen LogP contribution in [0.25, 0.3) is 0 Å². The number of Topliss-reactive ketones (excluding diaryl/α,β-unsaturated/α-hetero) is 2. The molecule has 0 bridgehead atoms. The van der Waals surface area contributed by atoms with E-state index in [1.54, 1.807) is 27.7 Å². The van der Waals surface area contributed by atoms with Crippen molar-refractivity contribution in [1.82, 2.24) is 0 Å². The molecule has 9 fully saturated rings. The number of carbonyl (C=O) groups is 2. The molecule has 0 aliphatic heterocycles. The van der Waals surface area contributed by atoms with Crippen LogP contribution >= 0.6 is 0 Å². The molecule has 0 saturated heterocycles. The average Bonchev–Trinajstić information content (AvgIpc) is 4.00. The molecule has 0 spiro atoms. The van der Waals surface area contributed by atoms with Crippen LogP contribution in [0.15, 0.2) is 0 Å². The summed E-state index contributed by atoms with van der Waals surface area (Å²) < 4.78 is 137. The van der Waals surface area contributed by atoms with E-state index in [0.717, 1.165) is 93.3 Å². The Hall–Kier alpha value is -1.43. The van der Waals surface area contributed by atoms with Gasteiger partial charge < -0.3 is 0 Å². The molecule has 9 aliphatic rings. The molecule has 0 aromatic heterocycles. The Morgan fingerprint density at radius 1 is 0.468 bits per heavy atom. The van der Waals surface area contributed by atoms with E-state index in [9.17, 15) is 57.9 Å². The molecule has 0 N–H and O–H groups in total. The van der Waals surface area contributed by atoms with E-state index in [-0.39, 0.29) is 48.7 Å². The third-order valence-corrected chi connectivity index (χ3v) is 16.0. The van der Waals surface area contributed by atoms with E-state index >= 15 is 0 Å². The Morgan fingerprint density at radius 3 is 1.01 bits per heavy atom. The van der Waals surface area contributed by atoms with Crippen molar-refractivity contribution in [2.45, 2.75) is 314 Å². The topological polar surface area (TPSA) is 34.1 Å². The fourth-order valence-electron chi connectivity index (χ4n) is 10.6. The summed E-state index contributed by atoms with van der Waals surface area (Å²) >= 11 is 0. The predicted molar refractivity (Wildman–Crippen MR) is 307 cm³/mol. The summed E-state index contributed by atoms with van der Waals surface area (Å²) in [5.74, 6) is -4.62. The van der Waals surface area contributed by atoms with Crippen molar-refractivity contribution < 1.29 is 57.9 Å². The average molecular weight is 1150 g/mol. The van der Waals surface area contributed by atoms with E-state index in [1.807, 2.05) is 41.5 Å². The fourth-order valence-corrected chi connectivity index (χ4v) is 10.6.